The van der Waals surface area contributed by atoms with Gasteiger partial charge in [0.25, 0.3) is 5.91 Å². The number of nitrogens with one attached hydrogen (secondary N) is 2. The number of aromatic nitrogens is 2. The number of nitrogens with zero attached hydrogens (tertiary/aromatic N) is 2. The van der Waals surface area contributed by atoms with Crippen LogP contribution in [-0.4, -0.2) is 28.5 Å². The first-order valence-electron chi connectivity index (χ1n) is 6.57. The van der Waals surface area contributed by atoms with Gasteiger partial charge in [-0.2, -0.15) is 0 Å². The third-order valence-corrected chi connectivity index (χ3v) is 3.46. The zero-order valence-electron chi connectivity index (χ0n) is 10.9. The highest BCUT2D eigenvalue weighted by Crippen LogP contribution is 2.29. The standard InChI is InChI=1S/C13H20N4O/c1-3-14-12-8-15-11(7-16-12)13(18)17-9(2)10-5-4-6-10/h7-10H,3-6H2,1-2H3,(H,14,16)(H,17,18). The van der Waals surface area contributed by atoms with E-state index in [0.29, 0.717) is 17.4 Å². The van der Waals surface area contributed by atoms with Crippen LogP contribution >= 0.6 is 0 Å². The maximum atomic E-state index is 11.9. The van der Waals surface area contributed by atoms with Crippen LogP contribution in [0.25, 0.3) is 0 Å². The van der Waals surface area contributed by atoms with Crippen LogP contribution < -0.4 is 10.6 Å². The Hall–Kier alpha value is -1.65. The molecule has 18 heavy (non-hydrogen) atoms. The second kappa shape index (κ2) is 5.80. The molecule has 1 aliphatic carbocycles. The quantitative estimate of drug-likeness (QED) is 0.834. The predicted octanol–water partition coefficient (Wildman–Crippen LogP) is 1.83. The molecular weight excluding hydrogens is 228 g/mol. The fourth-order valence-electron chi connectivity index (χ4n) is 2.06. The predicted molar refractivity (Wildman–Crippen MR) is 70.5 cm³/mol. The molecule has 0 saturated heterocycles. The van der Waals surface area contributed by atoms with Gasteiger partial charge in [0.05, 0.1) is 12.4 Å². The molecular formula is C13H20N4O. The normalized spacial score (nSPS) is 16.8. The van der Waals surface area contributed by atoms with Crippen molar-refractivity contribution in [2.24, 2.45) is 5.92 Å². The molecule has 0 spiro atoms. The molecule has 1 atom stereocenters. The van der Waals surface area contributed by atoms with Crippen molar-refractivity contribution in [2.45, 2.75) is 39.2 Å². The SMILES string of the molecule is CCNc1cnc(C(=O)NC(C)C2CCC2)cn1. The Morgan fingerprint density at radius 1 is 1.44 bits per heavy atom. The number of carbonyl (C=O) groups excluding carboxylic acids is 1. The van der Waals surface area contributed by atoms with Crippen molar-refractivity contribution in [3.05, 3.63) is 18.1 Å². The van der Waals surface area contributed by atoms with Gasteiger partial charge in [0.1, 0.15) is 11.5 Å². The van der Waals surface area contributed by atoms with E-state index in [2.05, 4.69) is 27.5 Å². The summed E-state index contributed by atoms with van der Waals surface area (Å²) in [5, 5.41) is 6.03. The third-order valence-electron chi connectivity index (χ3n) is 3.46. The Morgan fingerprint density at radius 3 is 2.72 bits per heavy atom. The lowest BCUT2D eigenvalue weighted by Gasteiger charge is -2.31. The zero-order valence-corrected chi connectivity index (χ0v) is 10.9. The molecule has 1 saturated carbocycles. The highest BCUT2D eigenvalue weighted by Gasteiger charge is 2.25. The third kappa shape index (κ3) is 2.97. The lowest BCUT2D eigenvalue weighted by atomic mass is 9.80. The Labute approximate surface area is 107 Å². The van der Waals surface area contributed by atoms with Crippen molar-refractivity contribution in [3.63, 3.8) is 0 Å². The summed E-state index contributed by atoms with van der Waals surface area (Å²) in [4.78, 5) is 20.2. The van der Waals surface area contributed by atoms with E-state index in [1.54, 1.807) is 6.20 Å². The monoisotopic (exact) mass is 248 g/mol. The largest absolute Gasteiger partial charge is 0.369 e. The van der Waals surface area contributed by atoms with Crippen LogP contribution in [0.4, 0.5) is 5.82 Å². The average Bonchev–Trinajstić information content (AvgIpc) is 2.27. The first kappa shape index (κ1) is 12.8. The van der Waals surface area contributed by atoms with E-state index in [0.717, 1.165) is 6.54 Å². The summed E-state index contributed by atoms with van der Waals surface area (Å²) >= 11 is 0. The van der Waals surface area contributed by atoms with E-state index >= 15 is 0 Å². The van der Waals surface area contributed by atoms with Crippen molar-refractivity contribution in [3.8, 4) is 0 Å². The summed E-state index contributed by atoms with van der Waals surface area (Å²) in [7, 11) is 0. The Balaban J connectivity index is 1.91. The minimum atomic E-state index is -0.134. The zero-order chi connectivity index (χ0) is 13.0. The van der Waals surface area contributed by atoms with Gasteiger partial charge in [0, 0.05) is 12.6 Å². The summed E-state index contributed by atoms with van der Waals surface area (Å²) in [5.74, 6) is 1.19. The Bertz CT molecular complexity index is 400. The molecule has 1 amide bonds. The van der Waals surface area contributed by atoms with Gasteiger partial charge in [-0.15, -0.1) is 0 Å². The van der Waals surface area contributed by atoms with Crippen molar-refractivity contribution in [2.75, 3.05) is 11.9 Å². The summed E-state index contributed by atoms with van der Waals surface area (Å²) in [6.45, 7) is 4.84. The highest BCUT2D eigenvalue weighted by atomic mass is 16.1. The van der Waals surface area contributed by atoms with Gasteiger partial charge in [-0.3, -0.25) is 4.79 Å². The highest BCUT2D eigenvalue weighted by molar-refractivity contribution is 5.92. The minimum absolute atomic E-state index is 0.134. The molecule has 5 heteroatoms. The smallest absolute Gasteiger partial charge is 0.271 e. The Kier molecular flexibility index (Phi) is 4.12. The topological polar surface area (TPSA) is 66.9 Å². The van der Waals surface area contributed by atoms with E-state index < -0.39 is 0 Å². The van der Waals surface area contributed by atoms with Crippen molar-refractivity contribution in [1.82, 2.24) is 15.3 Å². The molecule has 0 aliphatic heterocycles. The number of amides is 1. The molecule has 98 valence electrons. The molecule has 1 fully saturated rings. The van der Waals surface area contributed by atoms with E-state index in [9.17, 15) is 4.79 Å². The maximum absolute atomic E-state index is 11.9. The van der Waals surface area contributed by atoms with Gasteiger partial charge in [-0.25, -0.2) is 9.97 Å². The second-order valence-electron chi connectivity index (χ2n) is 4.77. The molecule has 1 heterocycles. The lowest BCUT2D eigenvalue weighted by Crippen LogP contribution is -2.41. The molecule has 0 bridgehead atoms. The minimum Gasteiger partial charge on any atom is -0.369 e. The van der Waals surface area contributed by atoms with Crippen LogP contribution in [0.1, 0.15) is 43.6 Å². The van der Waals surface area contributed by atoms with Crippen LogP contribution in [0, 0.1) is 5.92 Å². The van der Waals surface area contributed by atoms with Gasteiger partial charge in [0.15, 0.2) is 0 Å². The van der Waals surface area contributed by atoms with Crippen LogP contribution in [0.5, 0.6) is 0 Å². The maximum Gasteiger partial charge on any atom is 0.271 e. The fraction of sp³-hybridized carbons (Fsp3) is 0.615. The van der Waals surface area contributed by atoms with Gasteiger partial charge in [-0.05, 0) is 32.6 Å². The van der Waals surface area contributed by atoms with E-state index in [-0.39, 0.29) is 11.9 Å². The first-order valence-corrected chi connectivity index (χ1v) is 6.57. The first-order chi connectivity index (χ1) is 8.70. The summed E-state index contributed by atoms with van der Waals surface area (Å²) < 4.78 is 0. The van der Waals surface area contributed by atoms with Crippen molar-refractivity contribution in [1.29, 1.82) is 0 Å². The molecule has 5 nitrogen and oxygen atoms in total. The molecule has 2 rings (SSSR count). The number of hydrogen-bond acceptors (Lipinski definition) is 4. The number of carbonyl (C=O) groups is 1. The molecule has 1 unspecified atom stereocenters. The van der Waals surface area contributed by atoms with Crippen LogP contribution in [-0.2, 0) is 0 Å². The summed E-state index contributed by atoms with van der Waals surface area (Å²) in [6.07, 6.45) is 6.81. The fourth-order valence-corrected chi connectivity index (χ4v) is 2.06. The van der Waals surface area contributed by atoms with Gasteiger partial charge < -0.3 is 10.6 Å². The van der Waals surface area contributed by atoms with E-state index in [1.165, 1.54) is 25.5 Å². The van der Waals surface area contributed by atoms with Gasteiger partial charge >= 0.3 is 0 Å². The van der Waals surface area contributed by atoms with Gasteiger partial charge in [0.2, 0.25) is 0 Å². The molecule has 2 N–H and O–H groups in total. The van der Waals surface area contributed by atoms with Gasteiger partial charge in [-0.1, -0.05) is 6.42 Å². The average molecular weight is 248 g/mol. The molecule has 0 aromatic carbocycles. The number of hydrogen-bond donors (Lipinski definition) is 2. The second-order valence-corrected chi connectivity index (χ2v) is 4.77. The van der Waals surface area contributed by atoms with E-state index in [4.69, 9.17) is 0 Å². The van der Waals surface area contributed by atoms with Crippen molar-refractivity contribution >= 4 is 11.7 Å². The molecule has 0 radical (unpaired) electrons. The Morgan fingerprint density at radius 2 is 2.22 bits per heavy atom. The van der Waals surface area contributed by atoms with Crippen molar-refractivity contribution < 1.29 is 4.79 Å². The van der Waals surface area contributed by atoms with Crippen LogP contribution in [0.15, 0.2) is 12.4 Å². The summed E-state index contributed by atoms with van der Waals surface area (Å²) in [6, 6.07) is 0.224. The number of anilines is 1. The molecule has 1 aliphatic rings. The summed E-state index contributed by atoms with van der Waals surface area (Å²) in [5.41, 5.74) is 0.378. The van der Waals surface area contributed by atoms with E-state index in [1.807, 2.05) is 6.92 Å². The molecule has 1 aromatic heterocycles. The van der Waals surface area contributed by atoms with Crippen LogP contribution in [0.3, 0.4) is 0 Å². The molecule has 1 aromatic rings. The lowest BCUT2D eigenvalue weighted by molar-refractivity contribution is 0.0904. The van der Waals surface area contributed by atoms with Crippen LogP contribution in [0.2, 0.25) is 0 Å². The number of rotatable bonds is 5.